The number of anilines is 1. The van der Waals surface area contributed by atoms with E-state index in [0.29, 0.717) is 45.0 Å². The van der Waals surface area contributed by atoms with Gasteiger partial charge in [0.2, 0.25) is 11.6 Å². The number of aromatic amines is 1. The Morgan fingerprint density at radius 1 is 1.13 bits per heavy atom. The average Bonchev–Trinajstić information content (AvgIpc) is 3.35. The van der Waals surface area contributed by atoms with Crippen LogP contribution in [-0.4, -0.2) is 70.9 Å². The molecule has 9 heteroatoms. The zero-order valence-electron chi connectivity index (χ0n) is 17.3. The molecule has 4 heterocycles. The molecule has 0 radical (unpaired) electrons. The van der Waals surface area contributed by atoms with E-state index in [2.05, 4.69) is 20.9 Å². The molecule has 2 aliphatic heterocycles. The second kappa shape index (κ2) is 7.66. The number of piperazine rings is 1. The van der Waals surface area contributed by atoms with Crippen LogP contribution in [0.3, 0.4) is 0 Å². The lowest BCUT2D eigenvalue weighted by atomic mass is 10.1. The Hall–Kier alpha value is -3.46. The molecule has 2 aliphatic rings. The summed E-state index contributed by atoms with van der Waals surface area (Å²) in [6.07, 6.45) is 2.15. The van der Waals surface area contributed by atoms with E-state index in [-0.39, 0.29) is 34.0 Å². The number of para-hydroxylation sites is 1. The van der Waals surface area contributed by atoms with Gasteiger partial charge in [-0.3, -0.25) is 19.3 Å². The summed E-state index contributed by atoms with van der Waals surface area (Å²) < 4.78 is 5.51. The molecule has 2 amide bonds. The van der Waals surface area contributed by atoms with Crippen LogP contribution in [0.25, 0.3) is 11.1 Å². The largest absolute Gasteiger partial charge is 0.442 e. The maximum absolute atomic E-state index is 13.1. The predicted molar refractivity (Wildman–Crippen MR) is 114 cm³/mol. The number of benzene rings is 1. The summed E-state index contributed by atoms with van der Waals surface area (Å²) in [5.74, 6) is 0.225. The van der Waals surface area contributed by atoms with Crippen molar-refractivity contribution < 1.29 is 14.0 Å². The van der Waals surface area contributed by atoms with Gasteiger partial charge in [-0.05, 0) is 25.0 Å². The molecule has 1 saturated heterocycles. The molecule has 0 atom stereocenters. The number of hydrogen-bond donors (Lipinski definition) is 1. The molecule has 9 nitrogen and oxygen atoms in total. The van der Waals surface area contributed by atoms with Crippen molar-refractivity contribution in [1.82, 2.24) is 19.8 Å². The molecular weight excluding hydrogens is 398 g/mol. The maximum Gasteiger partial charge on any atom is 0.262 e. The molecule has 2 aromatic heterocycles. The highest BCUT2D eigenvalue weighted by atomic mass is 16.3. The fraction of sp³-hybridized carbons (Fsp3) is 0.364. The monoisotopic (exact) mass is 421 g/mol. The second-order valence-electron chi connectivity index (χ2n) is 7.94. The Kier molecular flexibility index (Phi) is 4.82. The molecule has 1 aromatic carbocycles. The lowest BCUT2D eigenvalue weighted by Crippen LogP contribution is -2.51. The van der Waals surface area contributed by atoms with E-state index in [1.807, 2.05) is 23.1 Å². The van der Waals surface area contributed by atoms with Gasteiger partial charge in [0.25, 0.3) is 11.5 Å². The Balaban J connectivity index is 1.24. The van der Waals surface area contributed by atoms with Crippen LogP contribution in [0.4, 0.5) is 5.69 Å². The quantitative estimate of drug-likeness (QED) is 0.681. The van der Waals surface area contributed by atoms with Gasteiger partial charge in [0.15, 0.2) is 0 Å². The third-order valence-corrected chi connectivity index (χ3v) is 6.09. The molecule has 5 rings (SSSR count). The van der Waals surface area contributed by atoms with E-state index in [9.17, 15) is 14.4 Å². The number of hydrogen-bond acceptors (Lipinski definition) is 6. The van der Waals surface area contributed by atoms with E-state index >= 15 is 0 Å². The SMILES string of the molecule is Cc1oc2nc[nH]c(=O)c2c1C(=O)N1CCN(CC(=O)N2CCc3ccccc32)CC1. The van der Waals surface area contributed by atoms with Crippen molar-refractivity contribution in [2.45, 2.75) is 13.3 Å². The number of aromatic nitrogens is 2. The van der Waals surface area contributed by atoms with Crippen LogP contribution in [0, 0.1) is 6.92 Å². The Bertz CT molecular complexity index is 1220. The van der Waals surface area contributed by atoms with Crippen molar-refractivity contribution in [2.24, 2.45) is 0 Å². The van der Waals surface area contributed by atoms with E-state index in [1.54, 1.807) is 11.8 Å². The fourth-order valence-corrected chi connectivity index (χ4v) is 4.45. The highest BCUT2D eigenvalue weighted by Gasteiger charge is 2.30. The number of furan rings is 1. The average molecular weight is 421 g/mol. The summed E-state index contributed by atoms with van der Waals surface area (Å²) in [7, 11) is 0. The van der Waals surface area contributed by atoms with Crippen LogP contribution in [0.15, 0.2) is 39.8 Å². The number of rotatable bonds is 3. The van der Waals surface area contributed by atoms with Gasteiger partial charge in [-0.25, -0.2) is 4.98 Å². The standard InChI is InChI=1S/C22H23N5O4/c1-14-18(19-20(29)23-13-24-21(19)31-14)22(30)26-10-8-25(9-11-26)12-17(28)27-7-6-15-4-2-3-5-16(15)27/h2-5,13H,6-12H2,1H3,(H,23,24,29). The second-order valence-corrected chi connectivity index (χ2v) is 7.94. The lowest BCUT2D eigenvalue weighted by Gasteiger charge is -2.35. The number of amides is 2. The van der Waals surface area contributed by atoms with Crippen molar-refractivity contribution in [3.63, 3.8) is 0 Å². The number of carbonyl (C=O) groups is 2. The first kappa shape index (κ1) is 19.5. The minimum atomic E-state index is -0.389. The number of nitrogens with one attached hydrogen (secondary N) is 1. The Morgan fingerprint density at radius 3 is 2.71 bits per heavy atom. The van der Waals surface area contributed by atoms with Crippen molar-refractivity contribution in [1.29, 1.82) is 0 Å². The van der Waals surface area contributed by atoms with Gasteiger partial charge in [-0.2, -0.15) is 0 Å². The predicted octanol–water partition coefficient (Wildman–Crippen LogP) is 1.17. The minimum absolute atomic E-state index is 0.0824. The van der Waals surface area contributed by atoms with Gasteiger partial charge >= 0.3 is 0 Å². The van der Waals surface area contributed by atoms with Gasteiger partial charge < -0.3 is 19.2 Å². The summed E-state index contributed by atoms with van der Waals surface area (Å²) in [6.45, 7) is 4.85. The van der Waals surface area contributed by atoms with Crippen molar-refractivity contribution in [3.8, 4) is 0 Å². The Labute approximate surface area is 178 Å². The van der Waals surface area contributed by atoms with Crippen LogP contribution < -0.4 is 10.5 Å². The number of aryl methyl sites for hydroxylation is 1. The number of nitrogens with zero attached hydrogens (tertiary/aromatic N) is 4. The molecule has 1 N–H and O–H groups in total. The number of fused-ring (bicyclic) bond motifs is 2. The molecule has 3 aromatic rings. The third-order valence-electron chi connectivity index (χ3n) is 6.09. The summed E-state index contributed by atoms with van der Waals surface area (Å²) in [4.78, 5) is 50.3. The lowest BCUT2D eigenvalue weighted by molar-refractivity contribution is -0.120. The smallest absolute Gasteiger partial charge is 0.262 e. The molecular formula is C22H23N5O4. The minimum Gasteiger partial charge on any atom is -0.442 e. The molecule has 31 heavy (non-hydrogen) atoms. The van der Waals surface area contributed by atoms with Crippen molar-refractivity contribution >= 4 is 28.6 Å². The van der Waals surface area contributed by atoms with E-state index in [1.165, 1.54) is 11.9 Å². The molecule has 0 spiro atoms. The van der Waals surface area contributed by atoms with Crippen LogP contribution in [0.2, 0.25) is 0 Å². The van der Waals surface area contributed by atoms with E-state index < -0.39 is 0 Å². The van der Waals surface area contributed by atoms with Gasteiger partial charge in [0.1, 0.15) is 11.1 Å². The van der Waals surface area contributed by atoms with E-state index in [4.69, 9.17) is 4.42 Å². The first-order valence-corrected chi connectivity index (χ1v) is 10.4. The normalized spacial score (nSPS) is 16.7. The first-order chi connectivity index (χ1) is 15.0. The summed E-state index contributed by atoms with van der Waals surface area (Å²) >= 11 is 0. The van der Waals surface area contributed by atoms with Crippen LogP contribution in [0.5, 0.6) is 0 Å². The topological polar surface area (TPSA) is 103 Å². The summed E-state index contributed by atoms with van der Waals surface area (Å²) in [5, 5.41) is 0.190. The van der Waals surface area contributed by atoms with Gasteiger partial charge in [0, 0.05) is 38.4 Å². The number of H-pyrrole nitrogens is 1. The van der Waals surface area contributed by atoms with E-state index in [0.717, 1.165) is 12.1 Å². The van der Waals surface area contributed by atoms with Crippen LogP contribution in [0.1, 0.15) is 21.7 Å². The number of carbonyl (C=O) groups excluding carboxylic acids is 2. The highest BCUT2D eigenvalue weighted by Crippen LogP contribution is 2.27. The van der Waals surface area contributed by atoms with Crippen molar-refractivity contribution in [2.75, 3.05) is 44.2 Å². The first-order valence-electron chi connectivity index (χ1n) is 10.4. The van der Waals surface area contributed by atoms with Crippen molar-refractivity contribution in [3.05, 3.63) is 57.8 Å². The van der Waals surface area contributed by atoms with Gasteiger partial charge in [0.05, 0.1) is 18.4 Å². The molecule has 0 saturated carbocycles. The summed E-state index contributed by atoms with van der Waals surface area (Å²) in [6, 6.07) is 8.01. The highest BCUT2D eigenvalue weighted by molar-refractivity contribution is 6.06. The molecule has 0 unspecified atom stereocenters. The molecule has 160 valence electrons. The third kappa shape index (κ3) is 3.40. The fourth-order valence-electron chi connectivity index (χ4n) is 4.45. The van der Waals surface area contributed by atoms with Crippen LogP contribution >= 0.6 is 0 Å². The molecule has 0 bridgehead atoms. The molecule has 1 fully saturated rings. The van der Waals surface area contributed by atoms with Gasteiger partial charge in [-0.1, -0.05) is 18.2 Å². The molecule has 0 aliphatic carbocycles. The maximum atomic E-state index is 13.1. The summed E-state index contributed by atoms with van der Waals surface area (Å²) in [5.41, 5.74) is 2.25. The Morgan fingerprint density at radius 2 is 1.90 bits per heavy atom. The zero-order chi connectivity index (χ0) is 21.5. The van der Waals surface area contributed by atoms with Crippen LogP contribution in [-0.2, 0) is 11.2 Å². The van der Waals surface area contributed by atoms with Gasteiger partial charge in [-0.15, -0.1) is 0 Å². The zero-order valence-corrected chi connectivity index (χ0v) is 17.3.